The molecule has 0 spiro atoms. The number of fused-ring (bicyclic) bond motifs is 1. The molecule has 3 rings (SSSR count). The summed E-state index contributed by atoms with van der Waals surface area (Å²) in [6.45, 7) is 1.60. The van der Waals surface area contributed by atoms with E-state index in [1.165, 1.54) is 0 Å². The molecule has 2 aromatic heterocycles. The normalized spacial score (nSPS) is 11.7. The quantitative estimate of drug-likeness (QED) is 0.502. The van der Waals surface area contributed by atoms with E-state index in [0.29, 0.717) is 35.4 Å². The molecule has 0 saturated carbocycles. The molecule has 0 fully saturated rings. The summed E-state index contributed by atoms with van der Waals surface area (Å²) in [7, 11) is 1.57. The number of nitrogens with zero attached hydrogens (tertiary/aromatic N) is 2. The van der Waals surface area contributed by atoms with Gasteiger partial charge < -0.3 is 20.1 Å². The molecule has 0 unspecified atom stereocenters. The molecule has 1 amide bonds. The van der Waals surface area contributed by atoms with E-state index in [1.807, 2.05) is 19.2 Å². The van der Waals surface area contributed by atoms with Crippen LogP contribution in [0, 0.1) is 6.92 Å². The number of amides is 1. The number of aryl methyl sites for hydroxylation is 2. The lowest BCUT2D eigenvalue weighted by Gasteiger charge is -2.11. The van der Waals surface area contributed by atoms with Crippen LogP contribution in [0.3, 0.4) is 0 Å². The van der Waals surface area contributed by atoms with Crippen LogP contribution < -0.4 is 10.6 Å². The van der Waals surface area contributed by atoms with Crippen molar-refractivity contribution in [2.75, 3.05) is 25.5 Å². The van der Waals surface area contributed by atoms with E-state index in [2.05, 4.69) is 15.6 Å². The number of rotatable bonds is 8. The number of carbonyl (C=O) groups is 1. The van der Waals surface area contributed by atoms with E-state index >= 15 is 0 Å². The molecule has 0 atom stereocenters. The Bertz CT molecular complexity index is 1080. The number of hydrogen-bond acceptors (Lipinski definition) is 4. The predicted octanol–water partition coefficient (Wildman–Crippen LogP) is 3.96. The number of carbonyl (C=O) groups excluding carboxylic acids is 1. The minimum atomic E-state index is -4.25. The molecule has 0 saturated heterocycles. The van der Waals surface area contributed by atoms with Crippen molar-refractivity contribution in [1.29, 1.82) is 0 Å². The van der Waals surface area contributed by atoms with Crippen molar-refractivity contribution in [2.24, 2.45) is 0 Å². The van der Waals surface area contributed by atoms with E-state index in [-0.39, 0.29) is 19.1 Å². The Balaban J connectivity index is 1.98. The van der Waals surface area contributed by atoms with E-state index in [4.69, 9.17) is 5.11 Å². The second-order valence-electron chi connectivity index (χ2n) is 7.35. The molecule has 166 valence electrons. The standard InChI is InChI=1S/C22H25F3N4O2/c1-14-10-16(5-6-17(14)21(31)26-2)19-13-29-12-15(4-3-9-30)11-18(20(29)28-19)27-8-7-22(23,24)25/h5-6,10-13,27,30H,3-4,7-9H2,1-2H3,(H,26,31). The second kappa shape index (κ2) is 9.38. The summed E-state index contributed by atoms with van der Waals surface area (Å²) in [5.74, 6) is -0.177. The fourth-order valence-corrected chi connectivity index (χ4v) is 3.40. The Morgan fingerprint density at radius 3 is 2.65 bits per heavy atom. The van der Waals surface area contributed by atoms with Crippen molar-refractivity contribution >= 4 is 17.2 Å². The average Bonchev–Trinajstić information content (AvgIpc) is 3.15. The first kappa shape index (κ1) is 22.6. The Morgan fingerprint density at radius 2 is 2.00 bits per heavy atom. The Kier molecular flexibility index (Phi) is 6.84. The number of halogens is 3. The summed E-state index contributed by atoms with van der Waals surface area (Å²) < 4.78 is 39.5. The average molecular weight is 434 g/mol. The number of aromatic nitrogens is 2. The Morgan fingerprint density at radius 1 is 1.23 bits per heavy atom. The maximum atomic E-state index is 12.6. The number of alkyl halides is 3. The molecular formula is C22H25F3N4O2. The van der Waals surface area contributed by atoms with Gasteiger partial charge in [0.05, 0.1) is 17.8 Å². The van der Waals surface area contributed by atoms with Gasteiger partial charge in [-0.15, -0.1) is 0 Å². The molecule has 9 heteroatoms. The van der Waals surface area contributed by atoms with Gasteiger partial charge >= 0.3 is 6.18 Å². The zero-order valence-corrected chi connectivity index (χ0v) is 17.4. The van der Waals surface area contributed by atoms with Gasteiger partial charge in [0.15, 0.2) is 5.65 Å². The van der Waals surface area contributed by atoms with Crippen LogP contribution in [0.2, 0.25) is 0 Å². The third-order valence-electron chi connectivity index (χ3n) is 4.95. The van der Waals surface area contributed by atoms with Crippen LogP contribution in [-0.2, 0) is 6.42 Å². The topological polar surface area (TPSA) is 78.7 Å². The molecule has 3 N–H and O–H groups in total. The zero-order valence-electron chi connectivity index (χ0n) is 17.4. The summed E-state index contributed by atoms with van der Waals surface area (Å²) >= 11 is 0. The molecule has 0 aliphatic heterocycles. The molecule has 1 aromatic carbocycles. The fourth-order valence-electron chi connectivity index (χ4n) is 3.40. The number of anilines is 1. The van der Waals surface area contributed by atoms with Crippen LogP contribution in [-0.4, -0.2) is 46.8 Å². The highest BCUT2D eigenvalue weighted by Crippen LogP contribution is 2.27. The monoisotopic (exact) mass is 434 g/mol. The maximum Gasteiger partial charge on any atom is 0.390 e. The lowest BCUT2D eigenvalue weighted by Crippen LogP contribution is -2.18. The first-order valence-corrected chi connectivity index (χ1v) is 9.98. The van der Waals surface area contributed by atoms with Gasteiger partial charge in [0.2, 0.25) is 0 Å². The highest BCUT2D eigenvalue weighted by Gasteiger charge is 2.26. The van der Waals surface area contributed by atoms with Gasteiger partial charge in [-0.25, -0.2) is 4.98 Å². The number of pyridine rings is 1. The zero-order chi connectivity index (χ0) is 22.6. The number of benzene rings is 1. The van der Waals surface area contributed by atoms with E-state index in [0.717, 1.165) is 16.7 Å². The van der Waals surface area contributed by atoms with E-state index in [9.17, 15) is 18.0 Å². The van der Waals surface area contributed by atoms with E-state index in [1.54, 1.807) is 35.8 Å². The summed E-state index contributed by atoms with van der Waals surface area (Å²) in [6.07, 6.45) is -0.386. The third kappa shape index (κ3) is 5.55. The number of aliphatic hydroxyl groups excluding tert-OH is 1. The lowest BCUT2D eigenvalue weighted by molar-refractivity contribution is -0.131. The third-order valence-corrected chi connectivity index (χ3v) is 4.95. The van der Waals surface area contributed by atoms with Crippen molar-refractivity contribution in [1.82, 2.24) is 14.7 Å². The molecule has 0 bridgehead atoms. The van der Waals surface area contributed by atoms with Crippen LogP contribution in [0.4, 0.5) is 18.9 Å². The number of hydrogen-bond donors (Lipinski definition) is 3. The van der Waals surface area contributed by atoms with Gasteiger partial charge in [-0.2, -0.15) is 13.2 Å². The summed E-state index contributed by atoms with van der Waals surface area (Å²) in [6, 6.07) is 7.15. The minimum Gasteiger partial charge on any atom is -0.396 e. The summed E-state index contributed by atoms with van der Waals surface area (Å²) in [5.41, 5.74) is 4.70. The largest absolute Gasteiger partial charge is 0.396 e. The molecule has 0 aliphatic rings. The lowest BCUT2D eigenvalue weighted by atomic mass is 10.0. The highest BCUT2D eigenvalue weighted by molar-refractivity contribution is 5.96. The Labute approximate surface area is 178 Å². The Hall–Kier alpha value is -3.07. The highest BCUT2D eigenvalue weighted by atomic mass is 19.4. The van der Waals surface area contributed by atoms with Gasteiger partial charge in [0, 0.05) is 43.7 Å². The molecule has 31 heavy (non-hydrogen) atoms. The van der Waals surface area contributed by atoms with Crippen LogP contribution in [0.1, 0.15) is 34.3 Å². The van der Waals surface area contributed by atoms with Crippen molar-refractivity contribution in [2.45, 2.75) is 32.4 Å². The summed E-state index contributed by atoms with van der Waals surface area (Å²) in [5, 5.41) is 14.6. The molecule has 0 aliphatic carbocycles. The second-order valence-corrected chi connectivity index (χ2v) is 7.35. The minimum absolute atomic E-state index is 0.0288. The molecule has 6 nitrogen and oxygen atoms in total. The van der Waals surface area contributed by atoms with Crippen LogP contribution in [0.5, 0.6) is 0 Å². The fraction of sp³-hybridized carbons (Fsp3) is 0.364. The van der Waals surface area contributed by atoms with Crippen molar-refractivity contribution in [3.63, 3.8) is 0 Å². The maximum absolute atomic E-state index is 12.6. The number of nitrogens with one attached hydrogen (secondary N) is 2. The predicted molar refractivity (Wildman–Crippen MR) is 113 cm³/mol. The van der Waals surface area contributed by atoms with Gasteiger partial charge in [-0.05, 0) is 49.1 Å². The van der Waals surface area contributed by atoms with Crippen molar-refractivity contribution in [3.05, 3.63) is 53.3 Å². The first-order valence-electron chi connectivity index (χ1n) is 9.98. The van der Waals surface area contributed by atoms with Gasteiger partial charge in [0.1, 0.15) is 0 Å². The van der Waals surface area contributed by atoms with Crippen LogP contribution in [0.15, 0.2) is 36.7 Å². The SMILES string of the molecule is CNC(=O)c1ccc(-c2cn3cc(CCCO)cc(NCCC(F)(F)F)c3n2)cc1C. The van der Waals surface area contributed by atoms with Gasteiger partial charge in [-0.1, -0.05) is 6.07 Å². The molecule has 0 radical (unpaired) electrons. The summed E-state index contributed by atoms with van der Waals surface area (Å²) in [4.78, 5) is 16.5. The van der Waals surface area contributed by atoms with Gasteiger partial charge in [0.25, 0.3) is 5.91 Å². The van der Waals surface area contributed by atoms with Gasteiger partial charge in [-0.3, -0.25) is 4.79 Å². The molecular weight excluding hydrogens is 409 g/mol. The molecule has 3 aromatic rings. The van der Waals surface area contributed by atoms with E-state index < -0.39 is 12.6 Å². The number of aliphatic hydroxyl groups is 1. The van der Waals surface area contributed by atoms with Crippen LogP contribution >= 0.6 is 0 Å². The molecule has 2 heterocycles. The van der Waals surface area contributed by atoms with Crippen molar-refractivity contribution in [3.8, 4) is 11.3 Å². The van der Waals surface area contributed by atoms with Crippen molar-refractivity contribution < 1.29 is 23.1 Å². The first-order chi connectivity index (χ1) is 14.7. The number of imidazole rings is 1. The van der Waals surface area contributed by atoms with Crippen LogP contribution in [0.25, 0.3) is 16.9 Å². The smallest absolute Gasteiger partial charge is 0.390 e.